The Morgan fingerprint density at radius 2 is 2.29 bits per heavy atom. The predicted octanol–water partition coefficient (Wildman–Crippen LogP) is 2.12. The zero-order valence-corrected chi connectivity index (χ0v) is 10.2. The van der Waals surface area contributed by atoms with E-state index in [0.717, 1.165) is 30.4 Å². The molecule has 1 atom stereocenters. The van der Waals surface area contributed by atoms with Crippen molar-refractivity contribution in [3.05, 3.63) is 22.9 Å². The number of hydrogen-bond donors (Lipinski definition) is 2. The Morgan fingerprint density at radius 1 is 1.59 bits per heavy atom. The van der Waals surface area contributed by atoms with Gasteiger partial charge in [0.2, 0.25) is 0 Å². The lowest BCUT2D eigenvalue weighted by Gasteiger charge is -2.28. The van der Waals surface area contributed by atoms with Crippen LogP contribution in [0, 0.1) is 11.8 Å². The van der Waals surface area contributed by atoms with E-state index in [0.29, 0.717) is 11.8 Å². The van der Waals surface area contributed by atoms with Crippen LogP contribution < -0.4 is 5.73 Å². The van der Waals surface area contributed by atoms with Crippen LogP contribution in [-0.2, 0) is 12.8 Å². The zero-order valence-electron chi connectivity index (χ0n) is 10.2. The lowest BCUT2D eigenvalue weighted by molar-refractivity contribution is 0.0696. The lowest BCUT2D eigenvalue weighted by atomic mass is 9.77. The minimum absolute atomic E-state index is 0.138. The van der Waals surface area contributed by atoms with Crippen LogP contribution in [-0.4, -0.2) is 16.1 Å². The fraction of sp³-hybridized carbons (Fsp3) is 0.538. The predicted molar refractivity (Wildman–Crippen MR) is 66.0 cm³/mol. The molecule has 92 valence electrons. The van der Waals surface area contributed by atoms with E-state index in [1.165, 1.54) is 0 Å². The number of aromatic nitrogens is 1. The summed E-state index contributed by atoms with van der Waals surface area (Å²) in [6, 6.07) is 0. The first kappa shape index (κ1) is 11.9. The molecule has 0 aromatic carbocycles. The number of aromatic carboxylic acids is 1. The number of nitrogens with two attached hydrogens (primary N) is 1. The summed E-state index contributed by atoms with van der Waals surface area (Å²) in [4.78, 5) is 15.2. The molecule has 1 aliphatic carbocycles. The van der Waals surface area contributed by atoms with Gasteiger partial charge in [-0.3, -0.25) is 0 Å². The molecule has 0 bridgehead atoms. The fourth-order valence-corrected chi connectivity index (χ4v) is 2.59. The number of hydrogen-bond acceptors (Lipinski definition) is 3. The first-order valence-electron chi connectivity index (χ1n) is 6.00. The average Bonchev–Trinajstić information content (AvgIpc) is 2.27. The number of carboxylic acids is 1. The van der Waals surface area contributed by atoms with Gasteiger partial charge < -0.3 is 10.8 Å². The van der Waals surface area contributed by atoms with Gasteiger partial charge in [0.1, 0.15) is 11.4 Å². The summed E-state index contributed by atoms with van der Waals surface area (Å²) in [6.45, 7) is 4.41. The van der Waals surface area contributed by atoms with Crippen LogP contribution in [0.2, 0.25) is 0 Å². The molecule has 0 spiro atoms. The Bertz CT molecular complexity index is 455. The van der Waals surface area contributed by atoms with Gasteiger partial charge in [-0.15, -0.1) is 0 Å². The van der Waals surface area contributed by atoms with E-state index in [9.17, 15) is 9.90 Å². The molecule has 3 N–H and O–H groups in total. The van der Waals surface area contributed by atoms with Crippen LogP contribution >= 0.6 is 0 Å². The molecule has 1 aromatic rings. The van der Waals surface area contributed by atoms with E-state index in [4.69, 9.17) is 5.73 Å². The van der Waals surface area contributed by atoms with Crippen LogP contribution in [0.5, 0.6) is 0 Å². The molecule has 0 fully saturated rings. The van der Waals surface area contributed by atoms with Gasteiger partial charge in [0.05, 0.1) is 0 Å². The summed E-state index contributed by atoms with van der Waals surface area (Å²) in [5.41, 5.74) is 7.81. The molecule has 17 heavy (non-hydrogen) atoms. The number of rotatable bonds is 2. The minimum atomic E-state index is -0.963. The molecule has 1 aromatic heterocycles. The Kier molecular flexibility index (Phi) is 3.05. The van der Waals surface area contributed by atoms with E-state index in [-0.39, 0.29) is 11.4 Å². The Hall–Kier alpha value is -1.58. The summed E-state index contributed by atoms with van der Waals surface area (Å²) in [5, 5.41) is 9.18. The van der Waals surface area contributed by atoms with Gasteiger partial charge in [0, 0.05) is 6.20 Å². The SMILES string of the molecule is CC(C)C1CCc2c(cnc(N)c2C(=O)O)C1. The monoisotopic (exact) mass is 234 g/mol. The third-order valence-electron chi connectivity index (χ3n) is 3.71. The molecular formula is C13H18N2O2. The summed E-state index contributed by atoms with van der Waals surface area (Å²) in [6.07, 6.45) is 4.49. The van der Waals surface area contributed by atoms with Gasteiger partial charge >= 0.3 is 5.97 Å². The molecule has 0 saturated carbocycles. The van der Waals surface area contributed by atoms with Crippen molar-refractivity contribution in [1.29, 1.82) is 0 Å². The Labute approximate surface area is 101 Å². The molecule has 4 nitrogen and oxygen atoms in total. The van der Waals surface area contributed by atoms with E-state index in [1.54, 1.807) is 6.20 Å². The number of fused-ring (bicyclic) bond motifs is 1. The van der Waals surface area contributed by atoms with Crippen LogP contribution in [0.4, 0.5) is 5.82 Å². The number of nitrogens with zero attached hydrogens (tertiary/aromatic N) is 1. The molecule has 0 radical (unpaired) electrons. The fourth-order valence-electron chi connectivity index (χ4n) is 2.59. The van der Waals surface area contributed by atoms with Crippen LogP contribution in [0.15, 0.2) is 6.20 Å². The first-order chi connectivity index (χ1) is 8.00. The van der Waals surface area contributed by atoms with Crippen molar-refractivity contribution in [2.75, 3.05) is 5.73 Å². The van der Waals surface area contributed by atoms with Gasteiger partial charge in [-0.25, -0.2) is 9.78 Å². The van der Waals surface area contributed by atoms with Crippen LogP contribution in [0.1, 0.15) is 41.8 Å². The molecule has 4 heteroatoms. The largest absolute Gasteiger partial charge is 0.478 e. The standard InChI is InChI=1S/C13H18N2O2/c1-7(2)8-3-4-10-9(5-8)6-15-12(14)11(10)13(16)17/h6-8H,3-5H2,1-2H3,(H2,14,15)(H,16,17). The van der Waals surface area contributed by atoms with Gasteiger partial charge in [-0.1, -0.05) is 13.8 Å². The molecule has 1 heterocycles. The Balaban J connectivity index is 2.42. The van der Waals surface area contributed by atoms with E-state index in [2.05, 4.69) is 18.8 Å². The number of carboxylic acid groups (broad SMARTS) is 1. The molecule has 0 amide bonds. The quantitative estimate of drug-likeness (QED) is 0.821. The Morgan fingerprint density at radius 3 is 2.88 bits per heavy atom. The molecule has 1 unspecified atom stereocenters. The zero-order chi connectivity index (χ0) is 12.6. The van der Waals surface area contributed by atoms with Crippen molar-refractivity contribution in [2.24, 2.45) is 11.8 Å². The van der Waals surface area contributed by atoms with Crippen LogP contribution in [0.25, 0.3) is 0 Å². The topological polar surface area (TPSA) is 76.2 Å². The number of anilines is 1. The number of pyridine rings is 1. The molecule has 1 aliphatic rings. The van der Waals surface area contributed by atoms with E-state index >= 15 is 0 Å². The smallest absolute Gasteiger partial charge is 0.339 e. The molecular weight excluding hydrogens is 216 g/mol. The highest BCUT2D eigenvalue weighted by Gasteiger charge is 2.26. The highest BCUT2D eigenvalue weighted by Crippen LogP contribution is 2.33. The number of carbonyl (C=O) groups is 1. The maximum absolute atomic E-state index is 11.2. The summed E-state index contributed by atoms with van der Waals surface area (Å²) in [5.74, 6) is 0.414. The van der Waals surface area contributed by atoms with Crippen LogP contribution in [0.3, 0.4) is 0 Å². The molecule has 0 aliphatic heterocycles. The van der Waals surface area contributed by atoms with Gasteiger partial charge in [0.25, 0.3) is 0 Å². The minimum Gasteiger partial charge on any atom is -0.478 e. The van der Waals surface area contributed by atoms with Crippen molar-refractivity contribution in [3.63, 3.8) is 0 Å². The highest BCUT2D eigenvalue weighted by molar-refractivity contribution is 5.94. The van der Waals surface area contributed by atoms with E-state index < -0.39 is 5.97 Å². The first-order valence-corrected chi connectivity index (χ1v) is 6.00. The summed E-state index contributed by atoms with van der Waals surface area (Å²) < 4.78 is 0. The third kappa shape index (κ3) is 2.12. The van der Waals surface area contributed by atoms with Crippen molar-refractivity contribution < 1.29 is 9.90 Å². The second-order valence-corrected chi connectivity index (χ2v) is 5.07. The normalized spacial score (nSPS) is 19.1. The van der Waals surface area contributed by atoms with Crippen molar-refractivity contribution in [2.45, 2.75) is 33.1 Å². The highest BCUT2D eigenvalue weighted by atomic mass is 16.4. The van der Waals surface area contributed by atoms with E-state index in [1.807, 2.05) is 0 Å². The van der Waals surface area contributed by atoms with Gasteiger partial charge in [0.15, 0.2) is 0 Å². The van der Waals surface area contributed by atoms with Crippen molar-refractivity contribution in [1.82, 2.24) is 4.98 Å². The van der Waals surface area contributed by atoms with Crippen molar-refractivity contribution in [3.8, 4) is 0 Å². The van der Waals surface area contributed by atoms with Crippen molar-refractivity contribution >= 4 is 11.8 Å². The average molecular weight is 234 g/mol. The summed E-state index contributed by atoms with van der Waals surface area (Å²) in [7, 11) is 0. The third-order valence-corrected chi connectivity index (χ3v) is 3.71. The number of nitrogen functional groups attached to an aromatic ring is 1. The maximum Gasteiger partial charge on any atom is 0.339 e. The van der Waals surface area contributed by atoms with Gasteiger partial charge in [-0.2, -0.15) is 0 Å². The second kappa shape index (κ2) is 4.35. The second-order valence-electron chi connectivity index (χ2n) is 5.07. The molecule has 0 saturated heterocycles. The maximum atomic E-state index is 11.2. The lowest BCUT2D eigenvalue weighted by Crippen LogP contribution is -2.22. The summed E-state index contributed by atoms with van der Waals surface area (Å²) >= 11 is 0. The molecule has 2 rings (SSSR count). The van der Waals surface area contributed by atoms with Gasteiger partial charge in [-0.05, 0) is 42.2 Å².